The second kappa shape index (κ2) is 5.51. The molecule has 0 unspecified atom stereocenters. The van der Waals surface area contributed by atoms with Gasteiger partial charge in [0.25, 0.3) is 0 Å². The molecular weight excluding hydrogens is 313 g/mol. The van der Waals surface area contributed by atoms with Crippen LogP contribution in [0.15, 0.2) is 24.3 Å². The lowest BCUT2D eigenvalue weighted by Crippen LogP contribution is -2.71. The topological polar surface area (TPSA) is 49.4 Å². The first kappa shape index (κ1) is 17.2. The van der Waals surface area contributed by atoms with E-state index in [2.05, 4.69) is 4.74 Å². The fraction of sp³-hybridized carbons (Fsp3) is 0.364. The van der Waals surface area contributed by atoms with E-state index in [1.54, 1.807) is 0 Å². The van der Waals surface area contributed by atoms with Crippen molar-refractivity contribution in [1.29, 1.82) is 0 Å². The molecule has 10 heteroatoms. The van der Waals surface area contributed by atoms with E-state index in [1.807, 2.05) is 0 Å². The molecule has 0 radical (unpaired) electrons. The number of ether oxygens (including phenoxy) is 1. The van der Waals surface area contributed by atoms with E-state index in [0.29, 0.717) is 0 Å². The summed E-state index contributed by atoms with van der Waals surface area (Å²) in [6.07, 6.45) is -12.9. The van der Waals surface area contributed by atoms with Gasteiger partial charge in [-0.1, -0.05) is 18.2 Å². The molecule has 0 aliphatic heterocycles. The molecule has 0 aromatic heterocycles. The first-order chi connectivity index (χ1) is 9.41. The first-order valence-electron chi connectivity index (χ1n) is 5.15. The molecule has 0 aliphatic carbocycles. The van der Waals surface area contributed by atoms with Gasteiger partial charge in [-0.05, 0) is 6.07 Å². The number of carbonyl (C=O) groups excluding carboxylic acids is 1. The fourth-order valence-electron chi connectivity index (χ4n) is 1.25. The molecular formula is C11H6F7O3-. The van der Waals surface area contributed by atoms with Gasteiger partial charge in [0.1, 0.15) is 12.4 Å². The van der Waals surface area contributed by atoms with Crippen LogP contribution in [0.25, 0.3) is 0 Å². The summed E-state index contributed by atoms with van der Waals surface area (Å²) < 4.78 is 90.3. The summed E-state index contributed by atoms with van der Waals surface area (Å²) in [4.78, 5) is 10.9. The van der Waals surface area contributed by atoms with Crippen molar-refractivity contribution >= 4 is 5.97 Å². The van der Waals surface area contributed by atoms with Crippen LogP contribution in [0.2, 0.25) is 0 Å². The van der Waals surface area contributed by atoms with E-state index < -0.39 is 41.9 Å². The maximum atomic E-state index is 13.1. The molecule has 0 aliphatic rings. The number of carbonyl (C=O) groups is 1. The quantitative estimate of drug-likeness (QED) is 0.633. The van der Waals surface area contributed by atoms with Gasteiger partial charge in [-0.25, -0.2) is 4.39 Å². The maximum Gasteiger partial charge on any atom is 0.399 e. The summed E-state index contributed by atoms with van der Waals surface area (Å²) in [5, 5.41) is 10.9. The van der Waals surface area contributed by atoms with Crippen molar-refractivity contribution in [3.05, 3.63) is 35.6 Å². The SMILES string of the molecule is O=C(OCc1ccccc1F)C([O-])(C(F)(F)F)C(F)(F)F. The van der Waals surface area contributed by atoms with Gasteiger partial charge in [-0.3, -0.25) is 4.79 Å². The van der Waals surface area contributed by atoms with Gasteiger partial charge in [-0.2, -0.15) is 26.3 Å². The molecule has 0 heterocycles. The van der Waals surface area contributed by atoms with E-state index in [4.69, 9.17) is 0 Å². The third kappa shape index (κ3) is 3.26. The highest BCUT2D eigenvalue weighted by Gasteiger charge is 2.68. The minimum Gasteiger partial charge on any atom is -0.828 e. The molecule has 1 aromatic carbocycles. The lowest BCUT2D eigenvalue weighted by Gasteiger charge is -2.40. The van der Waals surface area contributed by atoms with Gasteiger partial charge in [-0.15, -0.1) is 0 Å². The van der Waals surface area contributed by atoms with Crippen molar-refractivity contribution < 1.29 is 45.4 Å². The van der Waals surface area contributed by atoms with E-state index in [1.165, 1.54) is 12.1 Å². The number of alkyl halides is 6. The molecule has 3 nitrogen and oxygen atoms in total. The highest BCUT2D eigenvalue weighted by atomic mass is 19.4. The summed E-state index contributed by atoms with van der Waals surface area (Å²) in [5.41, 5.74) is -6.40. The molecule has 0 atom stereocenters. The van der Waals surface area contributed by atoms with Gasteiger partial charge in [0.15, 0.2) is 5.60 Å². The van der Waals surface area contributed by atoms with Crippen molar-refractivity contribution in [2.45, 2.75) is 24.6 Å². The van der Waals surface area contributed by atoms with Crippen LogP contribution < -0.4 is 5.11 Å². The Hall–Kier alpha value is -1.84. The Labute approximate surface area is 112 Å². The molecule has 1 rings (SSSR count). The average Bonchev–Trinajstić information content (AvgIpc) is 2.33. The minimum absolute atomic E-state index is 0.474. The Kier molecular flexibility index (Phi) is 4.51. The number of hydrogen-bond donors (Lipinski definition) is 0. The Morgan fingerprint density at radius 1 is 1.05 bits per heavy atom. The summed E-state index contributed by atoms with van der Waals surface area (Å²) in [6, 6.07) is 4.23. The van der Waals surface area contributed by atoms with Gasteiger partial charge >= 0.3 is 18.3 Å². The van der Waals surface area contributed by atoms with Gasteiger partial charge < -0.3 is 9.84 Å². The standard InChI is InChI=1S/C11H6F7O3/c12-7-4-2-1-3-6(7)5-21-8(19)9(20,10(13,14)15)11(16,17)18/h1-4H,5H2/q-1. The van der Waals surface area contributed by atoms with Crippen LogP contribution in [0.4, 0.5) is 30.7 Å². The van der Waals surface area contributed by atoms with Crippen LogP contribution >= 0.6 is 0 Å². The Morgan fingerprint density at radius 2 is 1.52 bits per heavy atom. The molecule has 0 saturated heterocycles. The normalized spacial score (nSPS) is 13.1. The molecule has 0 saturated carbocycles. The fourth-order valence-corrected chi connectivity index (χ4v) is 1.25. The number of benzene rings is 1. The lowest BCUT2D eigenvalue weighted by atomic mass is 10.0. The van der Waals surface area contributed by atoms with Gasteiger partial charge in [0, 0.05) is 5.56 Å². The zero-order valence-electron chi connectivity index (χ0n) is 9.89. The molecule has 0 bridgehead atoms. The van der Waals surface area contributed by atoms with E-state index in [0.717, 1.165) is 12.1 Å². The largest absolute Gasteiger partial charge is 0.828 e. The van der Waals surface area contributed by atoms with Crippen LogP contribution in [-0.4, -0.2) is 23.9 Å². The highest BCUT2D eigenvalue weighted by molar-refractivity contribution is 5.81. The van der Waals surface area contributed by atoms with Crippen LogP contribution in [-0.2, 0) is 16.1 Å². The third-order valence-corrected chi connectivity index (χ3v) is 2.40. The monoisotopic (exact) mass is 319 g/mol. The van der Waals surface area contributed by atoms with Gasteiger partial charge in [0.05, 0.1) is 0 Å². The van der Waals surface area contributed by atoms with Crippen LogP contribution in [0.5, 0.6) is 0 Å². The Bertz CT molecular complexity index is 507. The second-order valence-corrected chi connectivity index (χ2v) is 3.84. The number of halogens is 7. The van der Waals surface area contributed by atoms with Crippen molar-refractivity contribution in [2.24, 2.45) is 0 Å². The van der Waals surface area contributed by atoms with E-state index in [-0.39, 0.29) is 0 Å². The molecule has 0 fully saturated rings. The maximum absolute atomic E-state index is 13.1. The summed E-state index contributed by atoms with van der Waals surface area (Å²) in [6.45, 7) is -1.23. The lowest BCUT2D eigenvalue weighted by molar-refractivity contribution is -0.574. The van der Waals surface area contributed by atoms with E-state index in [9.17, 15) is 40.6 Å². The summed E-state index contributed by atoms with van der Waals surface area (Å²) >= 11 is 0. The van der Waals surface area contributed by atoms with Crippen LogP contribution in [0.1, 0.15) is 5.56 Å². The molecule has 0 amide bonds. The number of hydrogen-bond acceptors (Lipinski definition) is 3. The minimum atomic E-state index is -6.45. The molecule has 1 aromatic rings. The van der Waals surface area contributed by atoms with Crippen molar-refractivity contribution in [3.63, 3.8) is 0 Å². The third-order valence-electron chi connectivity index (χ3n) is 2.40. The zero-order valence-corrected chi connectivity index (χ0v) is 9.89. The molecule has 0 N–H and O–H groups in total. The predicted molar refractivity (Wildman–Crippen MR) is 51.0 cm³/mol. The van der Waals surface area contributed by atoms with Crippen molar-refractivity contribution in [3.8, 4) is 0 Å². The van der Waals surface area contributed by atoms with Crippen molar-refractivity contribution in [1.82, 2.24) is 0 Å². The summed E-state index contributed by atoms with van der Waals surface area (Å²) in [5.74, 6) is -4.11. The molecule has 118 valence electrons. The van der Waals surface area contributed by atoms with E-state index >= 15 is 0 Å². The highest BCUT2D eigenvalue weighted by Crippen LogP contribution is 2.41. The number of esters is 1. The van der Waals surface area contributed by atoms with Gasteiger partial charge in [0.2, 0.25) is 0 Å². The number of rotatable bonds is 3. The average molecular weight is 319 g/mol. The Morgan fingerprint density at radius 3 is 1.95 bits per heavy atom. The van der Waals surface area contributed by atoms with Crippen LogP contribution in [0.3, 0.4) is 0 Å². The van der Waals surface area contributed by atoms with Crippen LogP contribution in [0, 0.1) is 5.82 Å². The molecule has 0 spiro atoms. The smallest absolute Gasteiger partial charge is 0.399 e. The van der Waals surface area contributed by atoms with Crippen molar-refractivity contribution in [2.75, 3.05) is 0 Å². The second-order valence-electron chi connectivity index (χ2n) is 3.84. The molecule has 21 heavy (non-hydrogen) atoms. The Balaban J connectivity index is 2.97. The summed E-state index contributed by atoms with van der Waals surface area (Å²) in [7, 11) is 0. The predicted octanol–water partition coefficient (Wildman–Crippen LogP) is 2.09. The first-order valence-corrected chi connectivity index (χ1v) is 5.15. The zero-order chi connectivity index (χ0) is 16.5.